The first-order chi connectivity index (χ1) is 6.06. The number of carbonyl (C=O) groups excluding carboxylic acids is 1. The summed E-state index contributed by atoms with van der Waals surface area (Å²) in [6.07, 6.45) is 0. The largest absolute Gasteiger partial charge is 0.397 e. The highest BCUT2D eigenvalue weighted by Crippen LogP contribution is 2.27. The van der Waals surface area contributed by atoms with Gasteiger partial charge in [-0.1, -0.05) is 15.9 Å². The summed E-state index contributed by atoms with van der Waals surface area (Å²) in [4.78, 5) is 11.1. The van der Waals surface area contributed by atoms with Crippen LogP contribution in [0.3, 0.4) is 0 Å². The molecular weight excluding hydrogens is 304 g/mol. The van der Waals surface area contributed by atoms with E-state index >= 15 is 0 Å². The highest BCUT2D eigenvalue weighted by atomic mass is 79.9. The maximum Gasteiger partial charge on any atom is 0.276 e. The summed E-state index contributed by atoms with van der Waals surface area (Å²) in [6, 6.07) is 3.23. The molecule has 0 fully saturated rings. The number of anilines is 1. The highest BCUT2D eigenvalue weighted by Gasteiger charge is 2.11. The molecule has 0 heterocycles. The Morgan fingerprint density at radius 1 is 1.46 bits per heavy atom. The van der Waals surface area contributed by atoms with E-state index < -0.39 is 5.91 Å². The maximum atomic E-state index is 11.1. The Bertz CT molecular complexity index is 355. The number of nitrogen functional groups attached to an aromatic ring is 1. The van der Waals surface area contributed by atoms with Crippen molar-refractivity contribution < 1.29 is 10.0 Å². The molecule has 0 atom stereocenters. The van der Waals surface area contributed by atoms with Gasteiger partial charge in [-0.15, -0.1) is 0 Å². The minimum atomic E-state index is -0.639. The van der Waals surface area contributed by atoms with Crippen LogP contribution in [0.1, 0.15) is 10.4 Å². The number of carbonyl (C=O) groups is 1. The summed E-state index contributed by atoms with van der Waals surface area (Å²) >= 11 is 6.38. The van der Waals surface area contributed by atoms with Crippen LogP contribution in [0.25, 0.3) is 0 Å². The van der Waals surface area contributed by atoms with E-state index in [1.54, 1.807) is 6.07 Å². The van der Waals surface area contributed by atoms with Gasteiger partial charge in [0.05, 0.1) is 11.3 Å². The SMILES string of the molecule is Nc1c(Br)cc(Br)cc1C(=O)NO. The van der Waals surface area contributed by atoms with Crippen molar-refractivity contribution in [2.45, 2.75) is 0 Å². The molecule has 0 radical (unpaired) electrons. The van der Waals surface area contributed by atoms with Crippen LogP contribution < -0.4 is 11.2 Å². The van der Waals surface area contributed by atoms with Gasteiger partial charge in [0, 0.05) is 8.95 Å². The van der Waals surface area contributed by atoms with Crippen molar-refractivity contribution in [3.63, 3.8) is 0 Å². The zero-order chi connectivity index (χ0) is 10.0. The van der Waals surface area contributed by atoms with E-state index in [9.17, 15) is 4.79 Å². The zero-order valence-corrected chi connectivity index (χ0v) is 9.52. The number of hydrogen-bond donors (Lipinski definition) is 3. The summed E-state index contributed by atoms with van der Waals surface area (Å²) in [5, 5.41) is 8.41. The molecule has 70 valence electrons. The molecule has 0 saturated carbocycles. The Kier molecular flexibility index (Phi) is 3.29. The predicted molar refractivity (Wildman–Crippen MR) is 55.5 cm³/mol. The van der Waals surface area contributed by atoms with Crippen molar-refractivity contribution in [1.29, 1.82) is 0 Å². The van der Waals surface area contributed by atoms with E-state index in [-0.39, 0.29) is 11.3 Å². The number of amides is 1. The molecule has 1 amide bonds. The second-order valence-electron chi connectivity index (χ2n) is 2.29. The number of hydroxylamine groups is 1. The lowest BCUT2D eigenvalue weighted by atomic mass is 10.2. The Labute approximate surface area is 91.3 Å². The van der Waals surface area contributed by atoms with Gasteiger partial charge in [0.1, 0.15) is 0 Å². The van der Waals surface area contributed by atoms with E-state index in [0.29, 0.717) is 8.95 Å². The third-order valence-electron chi connectivity index (χ3n) is 1.44. The lowest BCUT2D eigenvalue weighted by Crippen LogP contribution is -2.20. The minimum absolute atomic E-state index is 0.212. The van der Waals surface area contributed by atoms with Gasteiger partial charge in [-0.2, -0.15) is 0 Å². The molecule has 0 bridgehead atoms. The predicted octanol–water partition coefficient (Wildman–Crippen LogP) is 1.91. The van der Waals surface area contributed by atoms with Gasteiger partial charge in [-0.3, -0.25) is 10.0 Å². The van der Waals surface area contributed by atoms with Gasteiger partial charge in [-0.25, -0.2) is 5.48 Å². The van der Waals surface area contributed by atoms with Crippen LogP contribution >= 0.6 is 31.9 Å². The Hall–Kier alpha value is -0.590. The smallest absolute Gasteiger partial charge is 0.276 e. The zero-order valence-electron chi connectivity index (χ0n) is 6.34. The lowest BCUT2D eigenvalue weighted by molar-refractivity contribution is 0.0707. The van der Waals surface area contributed by atoms with Crippen molar-refractivity contribution in [3.8, 4) is 0 Å². The molecule has 4 nitrogen and oxygen atoms in total. The van der Waals surface area contributed by atoms with Crippen LogP contribution in [-0.4, -0.2) is 11.1 Å². The van der Waals surface area contributed by atoms with Gasteiger partial charge >= 0.3 is 0 Å². The minimum Gasteiger partial charge on any atom is -0.397 e. The molecule has 1 aromatic carbocycles. The average Bonchev–Trinajstić information content (AvgIpc) is 2.10. The normalized spacial score (nSPS) is 9.77. The number of rotatable bonds is 1. The molecular formula is C7H6Br2N2O2. The van der Waals surface area contributed by atoms with E-state index in [0.717, 1.165) is 0 Å². The van der Waals surface area contributed by atoms with E-state index in [1.807, 2.05) is 0 Å². The Morgan fingerprint density at radius 3 is 2.62 bits per heavy atom. The van der Waals surface area contributed by atoms with Crippen LogP contribution in [-0.2, 0) is 0 Å². The number of benzene rings is 1. The summed E-state index contributed by atoms with van der Waals surface area (Å²) < 4.78 is 1.30. The van der Waals surface area contributed by atoms with E-state index in [4.69, 9.17) is 10.9 Å². The Morgan fingerprint density at radius 2 is 2.08 bits per heavy atom. The quantitative estimate of drug-likeness (QED) is 0.421. The van der Waals surface area contributed by atoms with Crippen LogP contribution in [0.5, 0.6) is 0 Å². The molecule has 0 aliphatic carbocycles. The summed E-state index contributed by atoms with van der Waals surface area (Å²) in [7, 11) is 0. The first kappa shape index (κ1) is 10.5. The third-order valence-corrected chi connectivity index (χ3v) is 2.55. The second-order valence-corrected chi connectivity index (χ2v) is 4.06. The van der Waals surface area contributed by atoms with Gasteiger partial charge in [0.25, 0.3) is 5.91 Å². The second kappa shape index (κ2) is 4.08. The molecule has 13 heavy (non-hydrogen) atoms. The van der Waals surface area contributed by atoms with Crippen LogP contribution in [0.4, 0.5) is 5.69 Å². The molecule has 1 aromatic rings. The molecule has 0 aromatic heterocycles. The van der Waals surface area contributed by atoms with Crippen molar-refractivity contribution in [2.24, 2.45) is 0 Å². The number of nitrogens with one attached hydrogen (secondary N) is 1. The fourth-order valence-electron chi connectivity index (χ4n) is 0.833. The van der Waals surface area contributed by atoms with Gasteiger partial charge in [-0.05, 0) is 28.1 Å². The fourth-order valence-corrected chi connectivity index (χ4v) is 2.06. The van der Waals surface area contributed by atoms with Crippen molar-refractivity contribution in [3.05, 3.63) is 26.6 Å². The van der Waals surface area contributed by atoms with E-state index in [1.165, 1.54) is 11.5 Å². The van der Waals surface area contributed by atoms with Gasteiger partial charge in [0.2, 0.25) is 0 Å². The molecule has 6 heteroatoms. The van der Waals surface area contributed by atoms with Crippen LogP contribution in [0, 0.1) is 0 Å². The molecule has 0 aliphatic heterocycles. The van der Waals surface area contributed by atoms with Crippen molar-refractivity contribution in [2.75, 3.05) is 5.73 Å². The van der Waals surface area contributed by atoms with Gasteiger partial charge < -0.3 is 5.73 Å². The summed E-state index contributed by atoms with van der Waals surface area (Å²) in [5.74, 6) is -0.639. The lowest BCUT2D eigenvalue weighted by Gasteiger charge is -2.05. The molecule has 0 unspecified atom stereocenters. The topological polar surface area (TPSA) is 75.4 Å². The van der Waals surface area contributed by atoms with Crippen LogP contribution in [0.2, 0.25) is 0 Å². The summed E-state index contributed by atoms with van der Waals surface area (Å²) in [6.45, 7) is 0. The Balaban J connectivity index is 3.28. The maximum absolute atomic E-state index is 11.1. The number of nitrogens with two attached hydrogens (primary N) is 1. The summed E-state index contributed by atoms with van der Waals surface area (Å²) in [5.41, 5.74) is 7.60. The third kappa shape index (κ3) is 2.20. The first-order valence-corrected chi connectivity index (χ1v) is 4.84. The molecule has 0 spiro atoms. The van der Waals surface area contributed by atoms with Crippen LogP contribution in [0.15, 0.2) is 21.1 Å². The van der Waals surface area contributed by atoms with Crippen molar-refractivity contribution in [1.82, 2.24) is 5.48 Å². The van der Waals surface area contributed by atoms with Crippen molar-refractivity contribution >= 4 is 43.5 Å². The molecule has 0 aliphatic rings. The molecule has 1 rings (SSSR count). The first-order valence-electron chi connectivity index (χ1n) is 3.25. The van der Waals surface area contributed by atoms with E-state index in [2.05, 4.69) is 31.9 Å². The molecule has 4 N–H and O–H groups in total. The molecule has 0 saturated heterocycles. The highest BCUT2D eigenvalue weighted by molar-refractivity contribution is 9.11. The number of halogens is 2. The standard InChI is InChI=1S/C7H6Br2N2O2/c8-3-1-4(7(12)11-13)6(10)5(9)2-3/h1-2,13H,10H2,(H,11,12). The average molecular weight is 310 g/mol. The monoisotopic (exact) mass is 308 g/mol. The fraction of sp³-hybridized carbons (Fsp3) is 0. The number of hydrogen-bond acceptors (Lipinski definition) is 3. The van der Waals surface area contributed by atoms with Gasteiger partial charge in [0.15, 0.2) is 0 Å².